The van der Waals surface area contributed by atoms with Crippen LogP contribution in [-0.2, 0) is 9.53 Å². The van der Waals surface area contributed by atoms with Crippen LogP contribution in [0.3, 0.4) is 0 Å². The van der Waals surface area contributed by atoms with Gasteiger partial charge in [0, 0.05) is 16.5 Å². The van der Waals surface area contributed by atoms with E-state index < -0.39 is 5.97 Å². The second kappa shape index (κ2) is 10.3. The van der Waals surface area contributed by atoms with Gasteiger partial charge < -0.3 is 10.1 Å². The maximum absolute atomic E-state index is 11.9. The number of nitrogens with one attached hydrogen (secondary N) is 1. The molecule has 1 amide bonds. The summed E-state index contributed by atoms with van der Waals surface area (Å²) in [6.45, 7) is 0.182. The Hall–Kier alpha value is -1.69. The Morgan fingerprint density at radius 3 is 2.56 bits per heavy atom. The lowest BCUT2D eigenvalue weighted by atomic mass is 10.2. The molecule has 0 saturated heterocycles. The molecule has 7 heteroatoms. The van der Waals surface area contributed by atoms with Gasteiger partial charge in [-0.05, 0) is 42.5 Å². The summed E-state index contributed by atoms with van der Waals surface area (Å²) < 4.78 is 4.95. The summed E-state index contributed by atoms with van der Waals surface area (Å²) in [5.41, 5.74) is 0.179. The van der Waals surface area contributed by atoms with Gasteiger partial charge in [0.25, 0.3) is 5.91 Å². The molecule has 1 N–H and O–H groups in total. The van der Waals surface area contributed by atoms with Crippen molar-refractivity contribution in [2.24, 2.45) is 0 Å². The molecule has 0 bridgehead atoms. The van der Waals surface area contributed by atoms with E-state index in [4.69, 9.17) is 27.9 Å². The molecule has 0 heterocycles. The molecule has 132 valence electrons. The van der Waals surface area contributed by atoms with E-state index in [9.17, 15) is 9.59 Å². The van der Waals surface area contributed by atoms with Crippen molar-refractivity contribution in [2.45, 2.75) is 11.3 Å². The zero-order valence-electron chi connectivity index (χ0n) is 13.3. The van der Waals surface area contributed by atoms with Crippen molar-refractivity contribution in [1.29, 1.82) is 0 Å². The van der Waals surface area contributed by atoms with Gasteiger partial charge in [0.15, 0.2) is 6.61 Å². The third-order valence-electron chi connectivity index (χ3n) is 3.14. The topological polar surface area (TPSA) is 55.4 Å². The predicted octanol–water partition coefficient (Wildman–Crippen LogP) is 4.45. The lowest BCUT2D eigenvalue weighted by Crippen LogP contribution is -2.29. The number of ether oxygens (including phenoxy) is 1. The Morgan fingerprint density at radius 1 is 1.08 bits per heavy atom. The van der Waals surface area contributed by atoms with Crippen LogP contribution in [0.5, 0.6) is 0 Å². The summed E-state index contributed by atoms with van der Waals surface area (Å²) in [6.07, 6.45) is 0.822. The van der Waals surface area contributed by atoms with Gasteiger partial charge in [-0.25, -0.2) is 4.79 Å². The Kier molecular flexibility index (Phi) is 8.12. The molecule has 0 fully saturated rings. The van der Waals surface area contributed by atoms with Gasteiger partial charge in [-0.3, -0.25) is 4.79 Å². The van der Waals surface area contributed by atoms with Gasteiger partial charge in [-0.2, -0.15) is 0 Å². The van der Waals surface area contributed by atoms with Crippen molar-refractivity contribution in [3.05, 3.63) is 64.1 Å². The SMILES string of the molecule is O=C(COC(=O)c1ccc(Cl)cc1Cl)NCCCSc1ccccc1. The molecular weight excluding hydrogens is 381 g/mol. The van der Waals surface area contributed by atoms with E-state index in [1.807, 2.05) is 30.3 Å². The summed E-state index contributed by atoms with van der Waals surface area (Å²) in [5, 5.41) is 3.33. The van der Waals surface area contributed by atoms with Crippen molar-refractivity contribution in [1.82, 2.24) is 5.32 Å². The molecule has 2 rings (SSSR count). The van der Waals surface area contributed by atoms with Gasteiger partial charge >= 0.3 is 5.97 Å². The van der Waals surface area contributed by atoms with Crippen molar-refractivity contribution < 1.29 is 14.3 Å². The third-order valence-corrected chi connectivity index (χ3v) is 4.79. The van der Waals surface area contributed by atoms with Gasteiger partial charge in [-0.1, -0.05) is 41.4 Å². The molecule has 2 aromatic rings. The molecule has 0 aliphatic rings. The van der Waals surface area contributed by atoms with E-state index in [2.05, 4.69) is 5.32 Å². The molecule has 0 aliphatic carbocycles. The quantitative estimate of drug-likeness (QED) is 0.406. The van der Waals surface area contributed by atoms with E-state index >= 15 is 0 Å². The van der Waals surface area contributed by atoms with Crippen LogP contribution in [0.15, 0.2) is 53.4 Å². The summed E-state index contributed by atoms with van der Waals surface area (Å²) in [7, 11) is 0. The van der Waals surface area contributed by atoms with Crippen LogP contribution in [0.4, 0.5) is 0 Å². The van der Waals surface area contributed by atoms with E-state index in [0.717, 1.165) is 12.2 Å². The standard InChI is InChI=1S/C18H17Cl2NO3S/c19-13-7-8-15(16(20)11-13)18(23)24-12-17(22)21-9-4-10-25-14-5-2-1-3-6-14/h1-3,5-8,11H,4,9-10,12H2,(H,21,22). The maximum Gasteiger partial charge on any atom is 0.340 e. The van der Waals surface area contributed by atoms with E-state index in [0.29, 0.717) is 11.6 Å². The lowest BCUT2D eigenvalue weighted by molar-refractivity contribution is -0.124. The van der Waals surface area contributed by atoms with E-state index in [-0.39, 0.29) is 23.1 Å². The zero-order chi connectivity index (χ0) is 18.1. The summed E-state index contributed by atoms with van der Waals surface area (Å²) in [6, 6.07) is 14.5. The van der Waals surface area contributed by atoms with Crippen molar-refractivity contribution in [3.63, 3.8) is 0 Å². The smallest absolute Gasteiger partial charge is 0.340 e. The maximum atomic E-state index is 11.9. The third kappa shape index (κ3) is 6.98. The first kappa shape index (κ1) is 19.6. The van der Waals surface area contributed by atoms with Crippen LogP contribution in [0.2, 0.25) is 10.0 Å². The number of carbonyl (C=O) groups is 2. The summed E-state index contributed by atoms with van der Waals surface area (Å²) in [4.78, 5) is 24.8. The Balaban J connectivity index is 1.62. The highest BCUT2D eigenvalue weighted by Gasteiger charge is 2.13. The van der Waals surface area contributed by atoms with Crippen LogP contribution in [0.1, 0.15) is 16.8 Å². The fraction of sp³-hybridized carbons (Fsp3) is 0.222. The fourth-order valence-corrected chi connectivity index (χ4v) is 3.28. The van der Waals surface area contributed by atoms with Crippen LogP contribution in [-0.4, -0.2) is 30.8 Å². The molecule has 0 unspecified atom stereocenters. The average molecular weight is 398 g/mol. The number of amides is 1. The first-order chi connectivity index (χ1) is 12.1. The van der Waals surface area contributed by atoms with Gasteiger partial charge in [0.1, 0.15) is 0 Å². The minimum absolute atomic E-state index is 0.179. The Morgan fingerprint density at radius 2 is 1.84 bits per heavy atom. The average Bonchev–Trinajstić information content (AvgIpc) is 2.60. The minimum Gasteiger partial charge on any atom is -0.452 e. The zero-order valence-corrected chi connectivity index (χ0v) is 15.7. The van der Waals surface area contributed by atoms with Crippen LogP contribution >= 0.6 is 35.0 Å². The highest BCUT2D eigenvalue weighted by Crippen LogP contribution is 2.21. The number of esters is 1. The molecule has 4 nitrogen and oxygen atoms in total. The van der Waals surface area contributed by atoms with Crippen molar-refractivity contribution in [3.8, 4) is 0 Å². The number of hydrogen-bond donors (Lipinski definition) is 1. The van der Waals surface area contributed by atoms with Crippen LogP contribution < -0.4 is 5.32 Å². The Labute approximate surface area is 160 Å². The van der Waals surface area contributed by atoms with E-state index in [1.165, 1.54) is 23.1 Å². The minimum atomic E-state index is -0.656. The second-order valence-corrected chi connectivity index (χ2v) is 7.08. The monoisotopic (exact) mass is 397 g/mol. The summed E-state index contributed by atoms with van der Waals surface area (Å²) in [5.74, 6) is -0.107. The molecule has 0 aromatic heterocycles. The van der Waals surface area contributed by atoms with Crippen molar-refractivity contribution >= 4 is 46.8 Å². The predicted molar refractivity (Wildman–Crippen MR) is 102 cm³/mol. The second-order valence-electron chi connectivity index (χ2n) is 5.07. The Bertz CT molecular complexity index is 726. The first-order valence-electron chi connectivity index (χ1n) is 7.63. The molecule has 0 radical (unpaired) electrons. The lowest BCUT2D eigenvalue weighted by Gasteiger charge is -2.08. The number of thioether (sulfide) groups is 1. The number of rotatable bonds is 8. The van der Waals surface area contributed by atoms with Crippen molar-refractivity contribution in [2.75, 3.05) is 18.9 Å². The molecular formula is C18H17Cl2NO3S. The number of benzene rings is 2. The highest BCUT2D eigenvalue weighted by molar-refractivity contribution is 7.99. The van der Waals surface area contributed by atoms with Gasteiger partial charge in [0.05, 0.1) is 10.6 Å². The molecule has 2 aromatic carbocycles. The highest BCUT2D eigenvalue weighted by atomic mass is 35.5. The van der Waals surface area contributed by atoms with Crippen LogP contribution in [0, 0.1) is 0 Å². The molecule has 0 saturated carbocycles. The van der Waals surface area contributed by atoms with Gasteiger partial charge in [0.2, 0.25) is 0 Å². The first-order valence-corrected chi connectivity index (χ1v) is 9.37. The largest absolute Gasteiger partial charge is 0.452 e. The normalized spacial score (nSPS) is 10.3. The van der Waals surface area contributed by atoms with Crippen LogP contribution in [0.25, 0.3) is 0 Å². The molecule has 0 atom stereocenters. The fourth-order valence-electron chi connectivity index (χ4n) is 1.92. The number of carbonyl (C=O) groups excluding carboxylic acids is 2. The number of halogens is 2. The molecule has 0 aliphatic heterocycles. The summed E-state index contributed by atoms with van der Waals surface area (Å²) >= 11 is 13.4. The molecule has 25 heavy (non-hydrogen) atoms. The number of hydrogen-bond acceptors (Lipinski definition) is 4. The van der Waals surface area contributed by atoms with Gasteiger partial charge in [-0.15, -0.1) is 11.8 Å². The molecule has 0 spiro atoms. The van der Waals surface area contributed by atoms with E-state index in [1.54, 1.807) is 11.8 Å².